The fraction of sp³-hybridized carbons (Fsp3) is 0.516. The molecule has 1 heterocycles. The van der Waals surface area contributed by atoms with Gasteiger partial charge in [0, 0.05) is 47.9 Å². The molecule has 1 aromatic heterocycles. The van der Waals surface area contributed by atoms with E-state index in [1.54, 1.807) is 6.20 Å². The van der Waals surface area contributed by atoms with Crippen LogP contribution in [-0.2, 0) is 9.47 Å². The standard InChI is InChI=1S/C31H44ClN3O4/c1-8-31(7,38-15-13-30(5,6)33)20-34-14-16-37-22-11-9-21(10-12-22)23-17-24-25(28(36)39-29(2,3)4)19-35-27(24)18-26(23)32/h9-12,17-19,34-35H,8,13-16,20,33H2,1-7H3. The van der Waals surface area contributed by atoms with Crippen LogP contribution in [0.5, 0.6) is 5.75 Å². The Morgan fingerprint density at radius 3 is 2.36 bits per heavy atom. The van der Waals surface area contributed by atoms with E-state index >= 15 is 0 Å². The molecule has 2 aromatic carbocycles. The second-order valence-electron chi connectivity index (χ2n) is 12.0. The van der Waals surface area contributed by atoms with Crippen molar-refractivity contribution < 1.29 is 19.0 Å². The number of aromatic amines is 1. The van der Waals surface area contributed by atoms with Gasteiger partial charge in [-0.3, -0.25) is 0 Å². The molecule has 0 aliphatic heterocycles. The number of nitrogens with two attached hydrogens (primary N) is 1. The van der Waals surface area contributed by atoms with Crippen molar-refractivity contribution in [3.63, 3.8) is 0 Å². The van der Waals surface area contributed by atoms with Crippen molar-refractivity contribution >= 4 is 28.5 Å². The Hall–Kier alpha value is -2.58. The fourth-order valence-electron chi connectivity index (χ4n) is 4.03. The SMILES string of the molecule is CCC(C)(CNCCOc1ccc(-c2cc3c(C(=O)OC(C)(C)C)c[nH]c3cc2Cl)cc1)OCCC(C)(C)N. The zero-order chi connectivity index (χ0) is 28.8. The highest BCUT2D eigenvalue weighted by atomic mass is 35.5. The minimum Gasteiger partial charge on any atom is -0.492 e. The zero-order valence-electron chi connectivity index (χ0n) is 24.4. The lowest BCUT2D eigenvalue weighted by molar-refractivity contribution is -0.0386. The summed E-state index contributed by atoms with van der Waals surface area (Å²) in [7, 11) is 0. The number of nitrogens with one attached hydrogen (secondary N) is 2. The Labute approximate surface area is 237 Å². The van der Waals surface area contributed by atoms with Crippen molar-refractivity contribution in [2.24, 2.45) is 5.73 Å². The number of benzene rings is 2. The highest BCUT2D eigenvalue weighted by Gasteiger charge is 2.24. The number of esters is 1. The molecule has 0 saturated heterocycles. The molecule has 3 aromatic rings. The highest BCUT2D eigenvalue weighted by molar-refractivity contribution is 6.34. The van der Waals surface area contributed by atoms with Gasteiger partial charge in [-0.25, -0.2) is 4.79 Å². The molecule has 0 aliphatic carbocycles. The average molecular weight is 558 g/mol. The third kappa shape index (κ3) is 9.24. The number of H-pyrrole nitrogens is 1. The molecule has 4 N–H and O–H groups in total. The summed E-state index contributed by atoms with van der Waals surface area (Å²) in [5.41, 5.74) is 8.05. The molecule has 8 heteroatoms. The molecule has 0 radical (unpaired) electrons. The number of hydrogen-bond donors (Lipinski definition) is 3. The van der Waals surface area contributed by atoms with Crippen LogP contribution in [0.2, 0.25) is 5.02 Å². The normalized spacial score (nSPS) is 13.9. The van der Waals surface area contributed by atoms with Crippen LogP contribution in [0, 0.1) is 0 Å². The van der Waals surface area contributed by atoms with Crippen molar-refractivity contribution in [1.29, 1.82) is 0 Å². The maximum atomic E-state index is 12.7. The number of aromatic nitrogens is 1. The predicted molar refractivity (Wildman–Crippen MR) is 160 cm³/mol. The summed E-state index contributed by atoms with van der Waals surface area (Å²) < 4.78 is 17.6. The maximum absolute atomic E-state index is 12.7. The van der Waals surface area contributed by atoms with Gasteiger partial charge < -0.3 is 30.2 Å². The molecule has 0 aliphatic rings. The Morgan fingerprint density at radius 1 is 1.05 bits per heavy atom. The minimum atomic E-state index is -0.577. The van der Waals surface area contributed by atoms with Crippen LogP contribution >= 0.6 is 11.6 Å². The monoisotopic (exact) mass is 557 g/mol. The Balaban J connectivity index is 1.57. The maximum Gasteiger partial charge on any atom is 0.340 e. The van der Waals surface area contributed by atoms with Gasteiger partial charge in [-0.2, -0.15) is 0 Å². The first-order valence-corrected chi connectivity index (χ1v) is 14.0. The largest absolute Gasteiger partial charge is 0.492 e. The summed E-state index contributed by atoms with van der Waals surface area (Å²) in [6.07, 6.45) is 3.39. The number of hydrogen-bond acceptors (Lipinski definition) is 6. The van der Waals surface area contributed by atoms with Crippen molar-refractivity contribution in [3.05, 3.63) is 53.2 Å². The van der Waals surface area contributed by atoms with Crippen LogP contribution in [-0.4, -0.2) is 54.0 Å². The van der Waals surface area contributed by atoms with E-state index in [0.717, 1.165) is 47.2 Å². The number of fused-ring (bicyclic) bond motifs is 1. The molecule has 1 unspecified atom stereocenters. The Bertz CT molecular complexity index is 1240. The summed E-state index contributed by atoms with van der Waals surface area (Å²) in [4.78, 5) is 15.8. The smallest absolute Gasteiger partial charge is 0.340 e. The van der Waals surface area contributed by atoms with E-state index in [-0.39, 0.29) is 17.1 Å². The van der Waals surface area contributed by atoms with Gasteiger partial charge in [-0.1, -0.05) is 30.7 Å². The van der Waals surface area contributed by atoms with Gasteiger partial charge in [0.15, 0.2) is 0 Å². The molecular formula is C31H44ClN3O4. The first kappa shape index (κ1) is 31.0. The number of carbonyl (C=O) groups excluding carboxylic acids is 1. The minimum absolute atomic E-state index is 0.228. The van der Waals surface area contributed by atoms with E-state index in [4.69, 9.17) is 31.5 Å². The van der Waals surface area contributed by atoms with Gasteiger partial charge in [0.05, 0.1) is 16.2 Å². The lowest BCUT2D eigenvalue weighted by atomic mass is 10.0. The molecule has 214 valence electrons. The van der Waals surface area contributed by atoms with Crippen LogP contribution in [0.15, 0.2) is 42.6 Å². The quantitative estimate of drug-likeness (QED) is 0.159. The van der Waals surface area contributed by atoms with Crippen LogP contribution in [0.4, 0.5) is 0 Å². The van der Waals surface area contributed by atoms with Crippen molar-refractivity contribution in [2.45, 2.75) is 78.0 Å². The molecule has 0 saturated carbocycles. The van der Waals surface area contributed by atoms with Gasteiger partial charge in [0.25, 0.3) is 0 Å². The number of halogens is 1. The third-order valence-corrected chi connectivity index (χ3v) is 6.86. The first-order chi connectivity index (χ1) is 18.2. The van der Waals surface area contributed by atoms with Gasteiger partial charge >= 0.3 is 5.97 Å². The molecule has 39 heavy (non-hydrogen) atoms. The van der Waals surface area contributed by atoms with Crippen molar-refractivity contribution in [2.75, 3.05) is 26.3 Å². The highest BCUT2D eigenvalue weighted by Crippen LogP contribution is 2.34. The number of rotatable bonds is 13. The van der Waals surface area contributed by atoms with Crippen molar-refractivity contribution in [3.8, 4) is 16.9 Å². The molecule has 0 fully saturated rings. The van der Waals surface area contributed by atoms with Crippen LogP contribution in [0.3, 0.4) is 0 Å². The summed E-state index contributed by atoms with van der Waals surface area (Å²) in [6.45, 7) is 16.4. The lowest BCUT2D eigenvalue weighted by Crippen LogP contribution is -2.43. The summed E-state index contributed by atoms with van der Waals surface area (Å²) >= 11 is 6.60. The Kier molecular flexibility index (Phi) is 10.1. The second kappa shape index (κ2) is 12.7. The number of carbonyl (C=O) groups is 1. The molecule has 0 spiro atoms. The first-order valence-electron chi connectivity index (χ1n) is 13.6. The average Bonchev–Trinajstić information content (AvgIpc) is 3.25. The van der Waals surface area contributed by atoms with Gasteiger partial charge in [-0.05, 0) is 84.2 Å². The zero-order valence-corrected chi connectivity index (χ0v) is 25.1. The van der Waals surface area contributed by atoms with Gasteiger partial charge in [-0.15, -0.1) is 0 Å². The fourth-order valence-corrected chi connectivity index (χ4v) is 4.30. The van der Waals surface area contributed by atoms with E-state index in [1.807, 2.05) is 71.0 Å². The molecular weight excluding hydrogens is 514 g/mol. The summed E-state index contributed by atoms with van der Waals surface area (Å²) in [6, 6.07) is 11.5. The van der Waals surface area contributed by atoms with E-state index < -0.39 is 5.60 Å². The number of ether oxygens (including phenoxy) is 3. The van der Waals surface area contributed by atoms with Crippen LogP contribution in [0.1, 0.15) is 71.7 Å². The molecule has 1 atom stereocenters. The Morgan fingerprint density at radius 2 is 1.74 bits per heavy atom. The molecule has 7 nitrogen and oxygen atoms in total. The van der Waals surface area contributed by atoms with Crippen LogP contribution in [0.25, 0.3) is 22.0 Å². The van der Waals surface area contributed by atoms with Crippen molar-refractivity contribution in [1.82, 2.24) is 10.3 Å². The third-order valence-electron chi connectivity index (χ3n) is 6.54. The van der Waals surface area contributed by atoms with E-state index in [2.05, 4.69) is 24.1 Å². The molecule has 3 rings (SSSR count). The summed E-state index contributed by atoms with van der Waals surface area (Å²) in [5, 5.41) is 4.80. The predicted octanol–water partition coefficient (Wildman–Crippen LogP) is 6.72. The summed E-state index contributed by atoms with van der Waals surface area (Å²) in [5.74, 6) is 0.401. The molecule has 0 bridgehead atoms. The topological polar surface area (TPSA) is 98.6 Å². The van der Waals surface area contributed by atoms with Crippen LogP contribution < -0.4 is 15.8 Å². The molecule has 0 amide bonds. The van der Waals surface area contributed by atoms with E-state index in [9.17, 15) is 4.79 Å². The van der Waals surface area contributed by atoms with E-state index in [0.29, 0.717) is 30.3 Å². The van der Waals surface area contributed by atoms with E-state index in [1.165, 1.54) is 0 Å². The van der Waals surface area contributed by atoms with Gasteiger partial charge in [0.1, 0.15) is 18.0 Å². The van der Waals surface area contributed by atoms with Gasteiger partial charge in [0.2, 0.25) is 0 Å². The second-order valence-corrected chi connectivity index (χ2v) is 12.4. The lowest BCUT2D eigenvalue weighted by Gasteiger charge is -2.30.